The Bertz CT molecular complexity index is 1820. The van der Waals surface area contributed by atoms with Crippen LogP contribution in [-0.2, 0) is 46.8 Å². The standard InChI is InChI=1S/C40H51N7O3/c1-3-35-33(36(45-32-13-19-50-20-14-32)34-26-44-47(4-2)37(34)46-35)25-43-39(49)40(15-16-40)38(48)42-24-29-8-6-10-31(23-29)30-9-5-7-28(22-30)21-27-11-17-41-18-12-27/h5-10,22-23,26-27,32,41H,3-4,11-21,24-25H2,1-2H3,(H,42,48)(H,43,49)(H,45,46). The summed E-state index contributed by atoms with van der Waals surface area (Å²) in [6, 6.07) is 17.5. The molecule has 7 rings (SSSR count). The van der Waals surface area contributed by atoms with Crippen molar-refractivity contribution in [1.82, 2.24) is 30.7 Å². The molecule has 0 radical (unpaired) electrons. The third-order valence-corrected chi connectivity index (χ3v) is 10.8. The highest BCUT2D eigenvalue weighted by atomic mass is 16.5. The van der Waals surface area contributed by atoms with Gasteiger partial charge in [-0.15, -0.1) is 0 Å². The maximum atomic E-state index is 13.7. The summed E-state index contributed by atoms with van der Waals surface area (Å²) >= 11 is 0. The first-order valence-corrected chi connectivity index (χ1v) is 18.6. The molecule has 4 heterocycles. The minimum Gasteiger partial charge on any atom is -0.381 e. The van der Waals surface area contributed by atoms with Crippen LogP contribution in [0.4, 0.5) is 5.69 Å². The molecule has 50 heavy (non-hydrogen) atoms. The average molecular weight is 678 g/mol. The second-order valence-electron chi connectivity index (χ2n) is 14.2. The van der Waals surface area contributed by atoms with Crippen LogP contribution < -0.4 is 21.3 Å². The van der Waals surface area contributed by atoms with Gasteiger partial charge >= 0.3 is 0 Å². The van der Waals surface area contributed by atoms with Crippen molar-refractivity contribution in [2.24, 2.45) is 11.3 Å². The molecule has 10 heteroatoms. The molecule has 0 spiro atoms. The van der Waals surface area contributed by atoms with E-state index in [2.05, 4.69) is 76.6 Å². The number of ether oxygens (including phenoxy) is 1. The minimum atomic E-state index is -1.04. The molecule has 1 saturated carbocycles. The van der Waals surface area contributed by atoms with Crippen LogP contribution in [-0.4, -0.2) is 58.9 Å². The van der Waals surface area contributed by atoms with Gasteiger partial charge in [0.15, 0.2) is 5.65 Å². The van der Waals surface area contributed by atoms with Crippen molar-refractivity contribution < 1.29 is 14.3 Å². The minimum absolute atomic E-state index is 0.210. The summed E-state index contributed by atoms with van der Waals surface area (Å²) in [6.45, 7) is 9.19. The van der Waals surface area contributed by atoms with Crippen LogP contribution in [0.1, 0.15) is 74.8 Å². The molecule has 2 aromatic heterocycles. The fourth-order valence-corrected chi connectivity index (χ4v) is 7.63. The van der Waals surface area contributed by atoms with Gasteiger partial charge in [0.25, 0.3) is 0 Å². The van der Waals surface area contributed by atoms with Gasteiger partial charge in [-0.2, -0.15) is 5.10 Å². The van der Waals surface area contributed by atoms with E-state index >= 15 is 0 Å². The fourth-order valence-electron chi connectivity index (χ4n) is 7.63. The van der Waals surface area contributed by atoms with Crippen LogP contribution in [0.25, 0.3) is 22.2 Å². The van der Waals surface area contributed by atoms with Crippen molar-refractivity contribution in [3.8, 4) is 11.1 Å². The van der Waals surface area contributed by atoms with Crippen LogP contribution in [0.15, 0.2) is 54.7 Å². The van der Waals surface area contributed by atoms with E-state index in [-0.39, 0.29) is 17.9 Å². The number of hydrogen-bond donors (Lipinski definition) is 4. The average Bonchev–Trinajstić information content (AvgIpc) is 3.88. The van der Waals surface area contributed by atoms with Crippen LogP contribution in [0.2, 0.25) is 0 Å². The first kappa shape index (κ1) is 34.2. The largest absolute Gasteiger partial charge is 0.381 e. The number of piperidine rings is 1. The number of hydrogen-bond acceptors (Lipinski definition) is 7. The van der Waals surface area contributed by atoms with Crippen molar-refractivity contribution in [1.29, 1.82) is 0 Å². The number of carbonyl (C=O) groups excluding carboxylic acids is 2. The van der Waals surface area contributed by atoms with Gasteiger partial charge in [-0.3, -0.25) is 9.59 Å². The summed E-state index contributed by atoms with van der Waals surface area (Å²) in [5.41, 5.74) is 7.39. The Morgan fingerprint density at radius 2 is 1.60 bits per heavy atom. The van der Waals surface area contributed by atoms with E-state index in [0.717, 1.165) is 97.1 Å². The molecule has 264 valence electrons. The van der Waals surface area contributed by atoms with Crippen molar-refractivity contribution in [3.63, 3.8) is 0 Å². The maximum absolute atomic E-state index is 13.7. The summed E-state index contributed by atoms with van der Waals surface area (Å²) in [5, 5.41) is 19.0. The van der Waals surface area contributed by atoms with Gasteiger partial charge in [-0.1, -0.05) is 49.4 Å². The first-order chi connectivity index (χ1) is 24.5. The summed E-state index contributed by atoms with van der Waals surface area (Å²) < 4.78 is 7.52. The number of nitrogens with one attached hydrogen (secondary N) is 4. The van der Waals surface area contributed by atoms with E-state index in [1.807, 2.05) is 23.0 Å². The first-order valence-electron chi connectivity index (χ1n) is 18.6. The molecule has 0 unspecified atom stereocenters. The highest BCUT2D eigenvalue weighted by molar-refractivity contribution is 6.08. The molecular weight excluding hydrogens is 626 g/mol. The monoisotopic (exact) mass is 677 g/mol. The quantitative estimate of drug-likeness (QED) is 0.137. The van der Waals surface area contributed by atoms with Crippen molar-refractivity contribution in [2.45, 2.75) is 90.9 Å². The molecule has 0 atom stereocenters. The molecule has 2 amide bonds. The lowest BCUT2D eigenvalue weighted by Crippen LogP contribution is -2.42. The van der Waals surface area contributed by atoms with Crippen molar-refractivity contribution in [2.75, 3.05) is 31.6 Å². The number of aromatic nitrogens is 3. The Kier molecular flexibility index (Phi) is 10.5. The van der Waals surface area contributed by atoms with Crippen molar-refractivity contribution >= 4 is 28.5 Å². The van der Waals surface area contributed by atoms with Crippen LogP contribution >= 0.6 is 0 Å². The number of fused-ring (bicyclic) bond motifs is 1. The Labute approximate surface area is 295 Å². The summed E-state index contributed by atoms with van der Waals surface area (Å²) in [6.07, 6.45) is 9.06. The number of nitrogens with zero attached hydrogens (tertiary/aromatic N) is 3. The molecule has 2 saturated heterocycles. The number of carbonyl (C=O) groups is 2. The zero-order chi connectivity index (χ0) is 34.5. The lowest BCUT2D eigenvalue weighted by molar-refractivity contribution is -0.137. The van der Waals surface area contributed by atoms with Crippen LogP contribution in [0.5, 0.6) is 0 Å². The highest BCUT2D eigenvalue weighted by Gasteiger charge is 2.56. The SMILES string of the molecule is CCc1nc2c(cnn2CC)c(NC2CCOCC2)c1CNC(=O)C1(C(=O)NCc2cccc(-c3cccc(CC4CCNCC4)c3)c2)CC1. The van der Waals surface area contributed by atoms with Gasteiger partial charge in [0, 0.05) is 50.1 Å². The van der Waals surface area contributed by atoms with Gasteiger partial charge in [0.1, 0.15) is 5.41 Å². The van der Waals surface area contributed by atoms with E-state index < -0.39 is 5.41 Å². The van der Waals surface area contributed by atoms with Gasteiger partial charge in [0.05, 0.1) is 17.3 Å². The number of benzene rings is 2. The molecule has 1 aliphatic carbocycles. The summed E-state index contributed by atoms with van der Waals surface area (Å²) in [4.78, 5) is 32.3. The zero-order valence-electron chi connectivity index (χ0n) is 29.5. The Morgan fingerprint density at radius 1 is 0.920 bits per heavy atom. The predicted octanol–water partition coefficient (Wildman–Crippen LogP) is 5.53. The number of anilines is 1. The molecular formula is C40H51N7O3. The Hall–Kier alpha value is -4.28. The third-order valence-electron chi connectivity index (χ3n) is 10.8. The third kappa shape index (κ3) is 7.42. The van der Waals surface area contributed by atoms with E-state index in [1.54, 1.807) is 0 Å². The fraction of sp³-hybridized carbons (Fsp3) is 0.500. The van der Waals surface area contributed by atoms with Crippen LogP contribution in [0, 0.1) is 11.3 Å². The lowest BCUT2D eigenvalue weighted by atomic mass is 9.90. The molecule has 3 fully saturated rings. The maximum Gasteiger partial charge on any atom is 0.235 e. The van der Waals surface area contributed by atoms with Crippen LogP contribution in [0.3, 0.4) is 0 Å². The molecule has 4 N–H and O–H groups in total. The molecule has 2 aliphatic heterocycles. The number of rotatable bonds is 13. The topological polar surface area (TPSA) is 122 Å². The summed E-state index contributed by atoms with van der Waals surface area (Å²) in [7, 11) is 0. The number of aryl methyl sites for hydroxylation is 2. The molecule has 4 aromatic rings. The van der Waals surface area contributed by atoms with E-state index in [4.69, 9.17) is 9.72 Å². The number of amides is 2. The summed E-state index contributed by atoms with van der Waals surface area (Å²) in [5.74, 6) is 0.298. The zero-order valence-corrected chi connectivity index (χ0v) is 29.5. The highest BCUT2D eigenvalue weighted by Crippen LogP contribution is 2.46. The van der Waals surface area contributed by atoms with Gasteiger partial charge in [0.2, 0.25) is 11.8 Å². The number of pyridine rings is 1. The lowest BCUT2D eigenvalue weighted by Gasteiger charge is -2.27. The van der Waals surface area contributed by atoms with Crippen molar-refractivity contribution in [3.05, 3.63) is 77.1 Å². The Balaban J connectivity index is 1.01. The molecule has 2 aromatic carbocycles. The van der Waals surface area contributed by atoms with E-state index in [1.165, 1.54) is 24.0 Å². The molecule has 3 aliphatic rings. The second kappa shape index (κ2) is 15.3. The molecule has 0 bridgehead atoms. The molecule has 10 nitrogen and oxygen atoms in total. The van der Waals surface area contributed by atoms with Gasteiger partial charge in [-0.25, -0.2) is 9.67 Å². The smallest absolute Gasteiger partial charge is 0.235 e. The normalized spacial score (nSPS) is 17.8. The predicted molar refractivity (Wildman–Crippen MR) is 197 cm³/mol. The van der Waals surface area contributed by atoms with Gasteiger partial charge in [-0.05, 0) is 106 Å². The van der Waals surface area contributed by atoms with Gasteiger partial charge < -0.3 is 26.0 Å². The van der Waals surface area contributed by atoms with E-state index in [0.29, 0.717) is 32.4 Å². The second-order valence-corrected chi connectivity index (χ2v) is 14.2. The Morgan fingerprint density at radius 3 is 2.28 bits per heavy atom. The van der Waals surface area contributed by atoms with E-state index in [9.17, 15) is 9.59 Å².